The fraction of sp³-hybridized carbons (Fsp3) is 0.533. The van der Waals surface area contributed by atoms with Crippen LogP contribution in [0.2, 0.25) is 0 Å². The van der Waals surface area contributed by atoms with Gasteiger partial charge in [-0.3, -0.25) is 4.79 Å². The van der Waals surface area contributed by atoms with Gasteiger partial charge in [0.2, 0.25) is 5.91 Å². The highest BCUT2D eigenvalue weighted by Gasteiger charge is 2.32. The molecule has 0 unspecified atom stereocenters. The summed E-state index contributed by atoms with van der Waals surface area (Å²) in [6.45, 7) is 1.18. The molecular formula is C15H21BrN2O2. The highest BCUT2D eigenvalue weighted by Crippen LogP contribution is 2.36. The van der Waals surface area contributed by atoms with Gasteiger partial charge in [-0.1, -0.05) is 34.8 Å². The average molecular weight is 341 g/mol. The van der Waals surface area contributed by atoms with E-state index in [4.69, 9.17) is 0 Å². The first kappa shape index (κ1) is 15.5. The highest BCUT2D eigenvalue weighted by molar-refractivity contribution is 9.10. The largest absolute Gasteiger partial charge is 0.396 e. The van der Waals surface area contributed by atoms with Gasteiger partial charge in [0.1, 0.15) is 0 Å². The molecule has 20 heavy (non-hydrogen) atoms. The second kappa shape index (κ2) is 7.20. The SMILES string of the molecule is O=C(CNCC1(CO)CCCC1)Nc1cccc(Br)c1. The van der Waals surface area contributed by atoms with E-state index in [1.807, 2.05) is 24.3 Å². The van der Waals surface area contributed by atoms with E-state index in [-0.39, 0.29) is 24.5 Å². The maximum Gasteiger partial charge on any atom is 0.238 e. The summed E-state index contributed by atoms with van der Waals surface area (Å²) in [5.74, 6) is -0.0609. The molecule has 0 aromatic heterocycles. The smallest absolute Gasteiger partial charge is 0.238 e. The normalized spacial score (nSPS) is 17.1. The number of halogens is 1. The molecule has 110 valence electrons. The van der Waals surface area contributed by atoms with Crippen LogP contribution in [0.1, 0.15) is 25.7 Å². The molecule has 0 aliphatic heterocycles. The monoisotopic (exact) mass is 340 g/mol. The van der Waals surface area contributed by atoms with E-state index in [2.05, 4.69) is 26.6 Å². The minimum atomic E-state index is -0.0609. The predicted molar refractivity (Wildman–Crippen MR) is 83.6 cm³/mol. The summed E-state index contributed by atoms with van der Waals surface area (Å²) in [4.78, 5) is 11.8. The Hall–Kier alpha value is -0.910. The fourth-order valence-corrected chi connectivity index (χ4v) is 3.13. The summed E-state index contributed by atoms with van der Waals surface area (Å²) in [7, 11) is 0. The minimum absolute atomic E-state index is 0.0178. The molecule has 1 amide bonds. The summed E-state index contributed by atoms with van der Waals surface area (Å²) in [6.07, 6.45) is 4.44. The average Bonchev–Trinajstić information content (AvgIpc) is 2.88. The lowest BCUT2D eigenvalue weighted by Gasteiger charge is -2.26. The molecule has 0 heterocycles. The van der Waals surface area contributed by atoms with Crippen LogP contribution in [-0.4, -0.2) is 30.7 Å². The number of hydrogen-bond acceptors (Lipinski definition) is 3. The molecule has 0 atom stereocenters. The molecule has 1 aliphatic rings. The van der Waals surface area contributed by atoms with E-state index in [1.165, 1.54) is 12.8 Å². The van der Waals surface area contributed by atoms with Crippen molar-refractivity contribution >= 4 is 27.5 Å². The second-order valence-electron chi connectivity index (χ2n) is 5.53. The molecule has 0 saturated heterocycles. The summed E-state index contributed by atoms with van der Waals surface area (Å²) in [5, 5.41) is 15.5. The van der Waals surface area contributed by atoms with Crippen LogP contribution >= 0.6 is 15.9 Å². The van der Waals surface area contributed by atoms with Gasteiger partial charge in [0.25, 0.3) is 0 Å². The predicted octanol–water partition coefficient (Wildman–Crippen LogP) is 2.53. The van der Waals surface area contributed by atoms with Crippen LogP contribution in [0.5, 0.6) is 0 Å². The van der Waals surface area contributed by atoms with Gasteiger partial charge in [0, 0.05) is 28.7 Å². The lowest BCUT2D eigenvalue weighted by atomic mass is 9.87. The summed E-state index contributed by atoms with van der Waals surface area (Å²) >= 11 is 3.37. The van der Waals surface area contributed by atoms with Crippen LogP contribution in [0.25, 0.3) is 0 Å². The molecule has 1 fully saturated rings. The third-order valence-electron chi connectivity index (χ3n) is 3.89. The molecule has 3 N–H and O–H groups in total. The second-order valence-corrected chi connectivity index (χ2v) is 6.44. The third-order valence-corrected chi connectivity index (χ3v) is 4.39. The van der Waals surface area contributed by atoms with Crippen molar-refractivity contribution in [3.05, 3.63) is 28.7 Å². The Morgan fingerprint density at radius 3 is 2.75 bits per heavy atom. The quantitative estimate of drug-likeness (QED) is 0.745. The van der Waals surface area contributed by atoms with Crippen LogP contribution in [0, 0.1) is 5.41 Å². The van der Waals surface area contributed by atoms with E-state index >= 15 is 0 Å². The molecule has 2 rings (SSSR count). The van der Waals surface area contributed by atoms with Gasteiger partial charge in [-0.15, -0.1) is 0 Å². The van der Waals surface area contributed by atoms with Gasteiger partial charge in [0.05, 0.1) is 6.54 Å². The number of hydrogen-bond donors (Lipinski definition) is 3. The Morgan fingerprint density at radius 2 is 2.10 bits per heavy atom. The van der Waals surface area contributed by atoms with Crippen molar-refractivity contribution in [2.24, 2.45) is 5.41 Å². The van der Waals surface area contributed by atoms with Crippen molar-refractivity contribution in [2.45, 2.75) is 25.7 Å². The van der Waals surface area contributed by atoms with E-state index in [1.54, 1.807) is 0 Å². The van der Waals surface area contributed by atoms with Gasteiger partial charge in [0.15, 0.2) is 0 Å². The molecule has 0 spiro atoms. The Kier molecular flexibility index (Phi) is 5.57. The number of amides is 1. The Labute approximate surface area is 128 Å². The molecule has 4 nitrogen and oxygen atoms in total. The van der Waals surface area contributed by atoms with Crippen LogP contribution in [0.15, 0.2) is 28.7 Å². The van der Waals surface area contributed by atoms with Crippen molar-refractivity contribution in [1.82, 2.24) is 5.32 Å². The van der Waals surface area contributed by atoms with Crippen LogP contribution in [-0.2, 0) is 4.79 Å². The first-order valence-electron chi connectivity index (χ1n) is 7.01. The number of carbonyl (C=O) groups excluding carboxylic acids is 1. The number of rotatable bonds is 6. The Bertz CT molecular complexity index is 459. The van der Waals surface area contributed by atoms with Crippen molar-refractivity contribution in [3.63, 3.8) is 0 Å². The van der Waals surface area contributed by atoms with Crippen molar-refractivity contribution in [2.75, 3.05) is 25.0 Å². The molecule has 5 heteroatoms. The van der Waals surface area contributed by atoms with Crippen molar-refractivity contribution in [3.8, 4) is 0 Å². The van der Waals surface area contributed by atoms with Gasteiger partial charge in [-0.25, -0.2) is 0 Å². The number of carbonyl (C=O) groups is 1. The topological polar surface area (TPSA) is 61.4 Å². The Morgan fingerprint density at radius 1 is 1.35 bits per heavy atom. The number of benzene rings is 1. The summed E-state index contributed by atoms with van der Waals surface area (Å²) < 4.78 is 0.938. The first-order chi connectivity index (χ1) is 9.63. The Balaban J connectivity index is 1.75. The van der Waals surface area contributed by atoms with E-state index in [9.17, 15) is 9.90 Å². The van der Waals surface area contributed by atoms with Crippen molar-refractivity contribution in [1.29, 1.82) is 0 Å². The lowest BCUT2D eigenvalue weighted by Crippen LogP contribution is -2.38. The number of nitrogens with one attached hydrogen (secondary N) is 2. The minimum Gasteiger partial charge on any atom is -0.396 e. The fourth-order valence-electron chi connectivity index (χ4n) is 2.73. The molecule has 1 aliphatic carbocycles. The van der Waals surface area contributed by atoms with Crippen LogP contribution < -0.4 is 10.6 Å². The van der Waals surface area contributed by atoms with E-state index in [0.717, 1.165) is 23.0 Å². The molecule has 0 radical (unpaired) electrons. The van der Waals surface area contributed by atoms with Crippen LogP contribution in [0.4, 0.5) is 5.69 Å². The zero-order valence-corrected chi connectivity index (χ0v) is 13.1. The molecule has 1 aromatic carbocycles. The van der Waals surface area contributed by atoms with E-state index in [0.29, 0.717) is 6.54 Å². The zero-order valence-electron chi connectivity index (χ0n) is 11.5. The summed E-state index contributed by atoms with van der Waals surface area (Å²) in [6, 6.07) is 7.52. The first-order valence-corrected chi connectivity index (χ1v) is 7.80. The lowest BCUT2D eigenvalue weighted by molar-refractivity contribution is -0.115. The summed E-state index contributed by atoms with van der Waals surface area (Å²) in [5.41, 5.74) is 0.764. The number of anilines is 1. The molecule has 1 aromatic rings. The molecule has 0 bridgehead atoms. The van der Waals surface area contributed by atoms with Gasteiger partial charge in [-0.05, 0) is 31.0 Å². The van der Waals surface area contributed by atoms with Crippen molar-refractivity contribution < 1.29 is 9.90 Å². The standard InChI is InChI=1S/C15H21BrN2O2/c16-12-4-3-5-13(8-12)18-14(20)9-17-10-15(11-19)6-1-2-7-15/h3-5,8,17,19H,1-2,6-7,9-11H2,(H,18,20). The maximum absolute atomic E-state index is 11.8. The van der Waals surface area contributed by atoms with E-state index < -0.39 is 0 Å². The number of aliphatic hydroxyl groups excluding tert-OH is 1. The maximum atomic E-state index is 11.8. The molecular weight excluding hydrogens is 320 g/mol. The third kappa shape index (κ3) is 4.30. The van der Waals surface area contributed by atoms with Gasteiger partial charge in [-0.2, -0.15) is 0 Å². The van der Waals surface area contributed by atoms with Crippen LogP contribution in [0.3, 0.4) is 0 Å². The zero-order chi connectivity index (χ0) is 14.4. The van der Waals surface area contributed by atoms with Gasteiger partial charge < -0.3 is 15.7 Å². The highest BCUT2D eigenvalue weighted by atomic mass is 79.9. The number of aliphatic hydroxyl groups is 1. The van der Waals surface area contributed by atoms with Gasteiger partial charge >= 0.3 is 0 Å². The molecule has 1 saturated carbocycles.